The van der Waals surface area contributed by atoms with Crippen molar-refractivity contribution in [1.29, 1.82) is 0 Å². The van der Waals surface area contributed by atoms with Crippen molar-refractivity contribution < 1.29 is 19.2 Å². The Kier molecular flexibility index (Phi) is 7.44. The Morgan fingerprint density at radius 1 is 1.18 bits per heavy atom. The van der Waals surface area contributed by atoms with Crippen LogP contribution in [0, 0.1) is 5.92 Å². The third-order valence-electron chi connectivity index (χ3n) is 5.69. The van der Waals surface area contributed by atoms with E-state index in [-0.39, 0.29) is 18.6 Å². The van der Waals surface area contributed by atoms with E-state index in [0.717, 1.165) is 30.4 Å². The van der Waals surface area contributed by atoms with Gasteiger partial charge in [-0.15, -0.1) is 0 Å². The number of aromatic nitrogens is 1. The SMILES string of the molecule is NC(=O)CO/N=C1\CCCC[C@@H]1NC(=O)c1cnc(OCC2CC2)c(-c2ccc(Cl)cc2)c1. The second-order valence-electron chi connectivity index (χ2n) is 8.43. The number of benzene rings is 1. The molecule has 2 aliphatic carbocycles. The summed E-state index contributed by atoms with van der Waals surface area (Å²) in [6.45, 7) is 0.327. The van der Waals surface area contributed by atoms with E-state index >= 15 is 0 Å². The van der Waals surface area contributed by atoms with Crippen LogP contribution >= 0.6 is 11.6 Å². The lowest BCUT2D eigenvalue weighted by Crippen LogP contribution is -2.42. The number of rotatable bonds is 9. The molecule has 0 saturated heterocycles. The summed E-state index contributed by atoms with van der Waals surface area (Å²) in [7, 11) is 0. The minimum atomic E-state index is -0.597. The van der Waals surface area contributed by atoms with Crippen molar-refractivity contribution in [1.82, 2.24) is 10.3 Å². The molecule has 9 heteroatoms. The first-order valence-corrected chi connectivity index (χ1v) is 11.5. The summed E-state index contributed by atoms with van der Waals surface area (Å²) >= 11 is 6.05. The highest BCUT2D eigenvalue weighted by atomic mass is 35.5. The zero-order valence-corrected chi connectivity index (χ0v) is 19.0. The Balaban J connectivity index is 1.53. The second kappa shape index (κ2) is 10.7. The number of carbonyl (C=O) groups is 2. The number of amides is 2. The van der Waals surface area contributed by atoms with Gasteiger partial charge in [0, 0.05) is 16.8 Å². The number of halogens is 1. The summed E-state index contributed by atoms with van der Waals surface area (Å²) in [5.41, 5.74) is 7.82. The van der Waals surface area contributed by atoms with Gasteiger partial charge >= 0.3 is 0 Å². The number of oxime groups is 1. The Bertz CT molecular complexity index is 1040. The average molecular weight is 471 g/mol. The van der Waals surface area contributed by atoms with Gasteiger partial charge in [0.25, 0.3) is 11.8 Å². The largest absolute Gasteiger partial charge is 0.477 e. The van der Waals surface area contributed by atoms with Crippen LogP contribution in [0.25, 0.3) is 11.1 Å². The third-order valence-corrected chi connectivity index (χ3v) is 5.95. The second-order valence-corrected chi connectivity index (χ2v) is 8.87. The third kappa shape index (κ3) is 6.44. The molecule has 0 aliphatic heterocycles. The van der Waals surface area contributed by atoms with E-state index < -0.39 is 5.91 Å². The van der Waals surface area contributed by atoms with E-state index in [9.17, 15) is 9.59 Å². The topological polar surface area (TPSA) is 116 Å². The Morgan fingerprint density at radius 2 is 1.97 bits per heavy atom. The van der Waals surface area contributed by atoms with Gasteiger partial charge in [0.2, 0.25) is 5.88 Å². The Labute approximate surface area is 197 Å². The predicted molar refractivity (Wildman–Crippen MR) is 125 cm³/mol. The first-order valence-electron chi connectivity index (χ1n) is 11.2. The number of nitrogens with one attached hydrogen (secondary N) is 1. The van der Waals surface area contributed by atoms with Crippen LogP contribution in [0.3, 0.4) is 0 Å². The molecule has 2 amide bonds. The summed E-state index contributed by atoms with van der Waals surface area (Å²) < 4.78 is 5.96. The molecule has 0 unspecified atom stereocenters. The monoisotopic (exact) mass is 470 g/mol. The highest BCUT2D eigenvalue weighted by molar-refractivity contribution is 6.30. The average Bonchev–Trinajstić information content (AvgIpc) is 3.64. The molecule has 4 rings (SSSR count). The van der Waals surface area contributed by atoms with E-state index in [1.165, 1.54) is 19.0 Å². The fraction of sp³-hybridized carbons (Fsp3) is 0.417. The summed E-state index contributed by atoms with van der Waals surface area (Å²) in [4.78, 5) is 33.5. The van der Waals surface area contributed by atoms with Crippen LogP contribution < -0.4 is 15.8 Å². The molecule has 1 atom stereocenters. The van der Waals surface area contributed by atoms with Crippen molar-refractivity contribution in [3.8, 4) is 17.0 Å². The molecule has 2 saturated carbocycles. The normalized spacial score (nSPS) is 19.2. The first-order chi connectivity index (χ1) is 16.0. The molecule has 0 spiro atoms. The van der Waals surface area contributed by atoms with Crippen LogP contribution in [0.1, 0.15) is 48.9 Å². The summed E-state index contributed by atoms with van der Waals surface area (Å²) in [5.74, 6) is 0.218. The highest BCUT2D eigenvalue weighted by Crippen LogP contribution is 2.33. The van der Waals surface area contributed by atoms with Crippen molar-refractivity contribution in [2.75, 3.05) is 13.2 Å². The molecule has 1 aromatic carbocycles. The minimum absolute atomic E-state index is 0.263. The van der Waals surface area contributed by atoms with Crippen molar-refractivity contribution in [2.24, 2.45) is 16.8 Å². The number of nitrogens with two attached hydrogens (primary N) is 1. The van der Waals surface area contributed by atoms with Crippen LogP contribution in [0.5, 0.6) is 5.88 Å². The Hall–Kier alpha value is -3.13. The molecule has 2 fully saturated rings. The number of primary amides is 1. The van der Waals surface area contributed by atoms with Crippen LogP contribution in [0.4, 0.5) is 0 Å². The number of nitrogens with zero attached hydrogens (tertiary/aromatic N) is 2. The van der Waals surface area contributed by atoms with Crippen LogP contribution in [-0.2, 0) is 9.63 Å². The number of pyridine rings is 1. The van der Waals surface area contributed by atoms with Gasteiger partial charge in [-0.2, -0.15) is 0 Å². The van der Waals surface area contributed by atoms with E-state index in [2.05, 4.69) is 15.5 Å². The molecular weight excluding hydrogens is 444 g/mol. The van der Waals surface area contributed by atoms with E-state index in [1.54, 1.807) is 18.2 Å². The molecule has 8 nitrogen and oxygen atoms in total. The standard InChI is InChI=1S/C24H27ClN4O4/c25-18-9-7-16(8-10-18)19-11-17(12-27-24(19)32-13-15-5-6-15)23(31)28-20-3-1-2-4-21(20)29-33-14-22(26)30/h7-12,15,20H,1-6,13-14H2,(H2,26,30)(H,28,31)/b29-21+/t20-/m0/s1. The lowest BCUT2D eigenvalue weighted by atomic mass is 9.93. The van der Waals surface area contributed by atoms with E-state index in [4.69, 9.17) is 26.9 Å². The molecule has 1 heterocycles. The van der Waals surface area contributed by atoms with Crippen molar-refractivity contribution in [3.05, 3.63) is 47.1 Å². The molecule has 33 heavy (non-hydrogen) atoms. The fourth-order valence-corrected chi connectivity index (χ4v) is 3.82. The van der Waals surface area contributed by atoms with Gasteiger partial charge in [0.15, 0.2) is 6.61 Å². The minimum Gasteiger partial charge on any atom is -0.477 e. The summed E-state index contributed by atoms with van der Waals surface area (Å²) in [6.07, 6.45) is 7.20. The van der Waals surface area contributed by atoms with Crippen molar-refractivity contribution in [3.63, 3.8) is 0 Å². The van der Waals surface area contributed by atoms with Crippen LogP contribution in [-0.4, -0.2) is 41.8 Å². The number of carbonyl (C=O) groups excluding carboxylic acids is 2. The molecular formula is C24H27ClN4O4. The van der Waals surface area contributed by atoms with Gasteiger partial charge in [0.1, 0.15) is 0 Å². The van der Waals surface area contributed by atoms with Crippen LogP contribution in [0.15, 0.2) is 41.7 Å². The van der Waals surface area contributed by atoms with Crippen molar-refractivity contribution >= 4 is 29.1 Å². The molecule has 1 aromatic heterocycles. The first kappa shape index (κ1) is 23.0. The maximum absolute atomic E-state index is 13.1. The molecule has 174 valence electrons. The van der Waals surface area contributed by atoms with Gasteiger partial charge < -0.3 is 20.6 Å². The van der Waals surface area contributed by atoms with Gasteiger partial charge in [-0.05, 0) is 61.8 Å². The maximum atomic E-state index is 13.1. The van der Waals surface area contributed by atoms with Gasteiger partial charge in [0.05, 0.1) is 23.9 Å². The number of hydrogen-bond acceptors (Lipinski definition) is 6. The number of ether oxygens (including phenoxy) is 1. The van der Waals surface area contributed by atoms with E-state index in [0.29, 0.717) is 41.1 Å². The quantitative estimate of drug-likeness (QED) is 0.542. The zero-order chi connectivity index (χ0) is 23.2. The van der Waals surface area contributed by atoms with Crippen LogP contribution in [0.2, 0.25) is 5.02 Å². The van der Waals surface area contributed by atoms with Gasteiger partial charge in [-0.25, -0.2) is 4.98 Å². The molecule has 2 aromatic rings. The van der Waals surface area contributed by atoms with E-state index in [1.807, 2.05) is 12.1 Å². The highest BCUT2D eigenvalue weighted by Gasteiger charge is 2.25. The zero-order valence-electron chi connectivity index (χ0n) is 18.3. The molecule has 0 bridgehead atoms. The number of hydrogen-bond donors (Lipinski definition) is 2. The summed E-state index contributed by atoms with van der Waals surface area (Å²) in [5, 5.41) is 7.69. The molecule has 2 aliphatic rings. The van der Waals surface area contributed by atoms with Crippen molar-refractivity contribution in [2.45, 2.75) is 44.6 Å². The molecule has 3 N–H and O–H groups in total. The lowest BCUT2D eigenvalue weighted by molar-refractivity contribution is -0.122. The summed E-state index contributed by atoms with van der Waals surface area (Å²) in [6, 6.07) is 8.87. The lowest BCUT2D eigenvalue weighted by Gasteiger charge is -2.24. The Morgan fingerprint density at radius 3 is 2.70 bits per heavy atom. The smallest absolute Gasteiger partial charge is 0.258 e. The predicted octanol–water partition coefficient (Wildman–Crippen LogP) is 3.72. The van der Waals surface area contributed by atoms with Gasteiger partial charge in [-0.3, -0.25) is 9.59 Å². The maximum Gasteiger partial charge on any atom is 0.258 e. The fourth-order valence-electron chi connectivity index (χ4n) is 3.69. The molecule has 0 radical (unpaired) electrons. The van der Waals surface area contributed by atoms with Gasteiger partial charge in [-0.1, -0.05) is 35.3 Å².